The molecule has 0 bridgehead atoms. The highest BCUT2D eigenvalue weighted by atomic mass is 16.3. The minimum absolute atomic E-state index is 0.0147. The van der Waals surface area contributed by atoms with E-state index >= 15 is 0 Å². The molecule has 0 aliphatic rings. The number of aromatic hydroxyl groups is 2. The molecule has 0 fully saturated rings. The van der Waals surface area contributed by atoms with E-state index in [4.69, 9.17) is 0 Å². The van der Waals surface area contributed by atoms with Crippen molar-refractivity contribution in [2.45, 2.75) is 0 Å². The highest BCUT2D eigenvalue weighted by molar-refractivity contribution is 5.74. The lowest BCUT2D eigenvalue weighted by molar-refractivity contribution is 0.403. The Morgan fingerprint density at radius 3 is 1.89 bits per heavy atom. The van der Waals surface area contributed by atoms with Crippen molar-refractivity contribution in [2.24, 2.45) is 0 Å². The molecule has 1 aromatic heterocycles. The van der Waals surface area contributed by atoms with Crippen LogP contribution in [-0.2, 0) is 0 Å². The van der Waals surface area contributed by atoms with Crippen LogP contribution in [0.25, 0.3) is 16.8 Å². The first kappa shape index (κ1) is 11.4. The van der Waals surface area contributed by atoms with Gasteiger partial charge in [-0.2, -0.15) is 0 Å². The predicted molar refractivity (Wildman–Crippen MR) is 74.5 cm³/mol. The molecule has 0 aliphatic carbocycles. The van der Waals surface area contributed by atoms with E-state index in [1.165, 1.54) is 16.7 Å². The van der Waals surface area contributed by atoms with Crippen LogP contribution >= 0.6 is 0 Å². The van der Waals surface area contributed by atoms with Gasteiger partial charge in [0.05, 0.1) is 5.69 Å². The van der Waals surface area contributed by atoms with Crippen LogP contribution in [0.2, 0.25) is 0 Å². The molecule has 3 rings (SSSR count). The standard InChI is InChI=1S/C16H13NO2/c18-15-10-11-16(19)17(15)14-9-5-4-8-13(14)12-6-2-1-3-7-12/h1-11,18-19H. The third-order valence-electron chi connectivity index (χ3n) is 3.07. The fourth-order valence-electron chi connectivity index (χ4n) is 2.19. The van der Waals surface area contributed by atoms with Crippen molar-refractivity contribution in [3.8, 4) is 28.6 Å². The van der Waals surface area contributed by atoms with Crippen molar-refractivity contribution in [1.29, 1.82) is 0 Å². The molecule has 3 aromatic rings. The summed E-state index contributed by atoms with van der Waals surface area (Å²) in [5, 5.41) is 19.7. The van der Waals surface area contributed by atoms with Crippen molar-refractivity contribution in [3.05, 3.63) is 66.7 Å². The van der Waals surface area contributed by atoms with Gasteiger partial charge in [-0.05, 0) is 11.6 Å². The van der Waals surface area contributed by atoms with Crippen LogP contribution in [0.1, 0.15) is 0 Å². The second-order valence-corrected chi connectivity index (χ2v) is 4.27. The minimum Gasteiger partial charge on any atom is -0.494 e. The summed E-state index contributed by atoms with van der Waals surface area (Å²) in [7, 11) is 0. The first-order chi connectivity index (χ1) is 9.27. The molecule has 0 amide bonds. The molecule has 0 saturated carbocycles. The summed E-state index contributed by atoms with van der Waals surface area (Å²) < 4.78 is 1.42. The van der Waals surface area contributed by atoms with Gasteiger partial charge in [0.1, 0.15) is 0 Å². The average molecular weight is 251 g/mol. The van der Waals surface area contributed by atoms with Gasteiger partial charge in [-0.15, -0.1) is 0 Å². The molecular formula is C16H13NO2. The normalized spacial score (nSPS) is 10.5. The number of para-hydroxylation sites is 1. The molecule has 1 heterocycles. The van der Waals surface area contributed by atoms with Gasteiger partial charge in [-0.25, -0.2) is 0 Å². The molecule has 0 radical (unpaired) electrons. The summed E-state index contributed by atoms with van der Waals surface area (Å²) in [6.07, 6.45) is 0. The number of nitrogens with zero attached hydrogens (tertiary/aromatic N) is 1. The van der Waals surface area contributed by atoms with E-state index in [9.17, 15) is 10.2 Å². The van der Waals surface area contributed by atoms with E-state index in [1.807, 2.05) is 54.6 Å². The maximum absolute atomic E-state index is 9.86. The third kappa shape index (κ3) is 1.95. The largest absolute Gasteiger partial charge is 0.494 e. The summed E-state index contributed by atoms with van der Waals surface area (Å²) in [5.74, 6) is 0.0294. The molecule has 3 nitrogen and oxygen atoms in total. The molecule has 19 heavy (non-hydrogen) atoms. The number of hydrogen-bond donors (Lipinski definition) is 2. The van der Waals surface area contributed by atoms with Crippen LogP contribution in [0.5, 0.6) is 11.8 Å². The summed E-state index contributed by atoms with van der Waals surface area (Å²) in [6, 6.07) is 20.4. The lowest BCUT2D eigenvalue weighted by Gasteiger charge is -2.12. The number of rotatable bonds is 2. The van der Waals surface area contributed by atoms with E-state index in [1.54, 1.807) is 0 Å². The van der Waals surface area contributed by atoms with Gasteiger partial charge in [0.2, 0.25) is 0 Å². The fraction of sp³-hybridized carbons (Fsp3) is 0. The lowest BCUT2D eigenvalue weighted by atomic mass is 10.0. The first-order valence-electron chi connectivity index (χ1n) is 6.02. The summed E-state index contributed by atoms with van der Waals surface area (Å²) in [4.78, 5) is 0. The van der Waals surface area contributed by atoms with Crippen molar-refractivity contribution in [1.82, 2.24) is 4.57 Å². The van der Waals surface area contributed by atoms with Gasteiger partial charge < -0.3 is 10.2 Å². The topological polar surface area (TPSA) is 45.4 Å². The van der Waals surface area contributed by atoms with Gasteiger partial charge in [0.15, 0.2) is 11.8 Å². The van der Waals surface area contributed by atoms with Gasteiger partial charge >= 0.3 is 0 Å². The highest BCUT2D eigenvalue weighted by Gasteiger charge is 2.12. The smallest absolute Gasteiger partial charge is 0.198 e. The van der Waals surface area contributed by atoms with Crippen LogP contribution in [0, 0.1) is 0 Å². The van der Waals surface area contributed by atoms with Gasteiger partial charge in [-0.1, -0.05) is 48.5 Å². The number of aromatic nitrogens is 1. The zero-order valence-corrected chi connectivity index (χ0v) is 10.2. The van der Waals surface area contributed by atoms with E-state index in [-0.39, 0.29) is 11.8 Å². The van der Waals surface area contributed by atoms with Gasteiger partial charge in [-0.3, -0.25) is 4.57 Å². The molecule has 0 aliphatic heterocycles. The molecule has 0 unspecified atom stereocenters. The fourth-order valence-corrected chi connectivity index (χ4v) is 2.19. The summed E-state index contributed by atoms with van der Waals surface area (Å²) in [6.45, 7) is 0. The second kappa shape index (κ2) is 4.53. The maximum atomic E-state index is 9.86. The van der Waals surface area contributed by atoms with Crippen LogP contribution in [0.3, 0.4) is 0 Å². The Morgan fingerprint density at radius 2 is 1.21 bits per heavy atom. The van der Waals surface area contributed by atoms with Crippen LogP contribution < -0.4 is 0 Å². The Morgan fingerprint density at radius 1 is 0.632 bits per heavy atom. The highest BCUT2D eigenvalue weighted by Crippen LogP contribution is 2.33. The summed E-state index contributed by atoms with van der Waals surface area (Å²) >= 11 is 0. The Labute approximate surface area is 111 Å². The SMILES string of the molecule is Oc1ccc(O)n1-c1ccccc1-c1ccccc1. The van der Waals surface area contributed by atoms with Crippen molar-refractivity contribution in [3.63, 3.8) is 0 Å². The van der Waals surface area contributed by atoms with E-state index in [0.29, 0.717) is 0 Å². The molecular weight excluding hydrogens is 238 g/mol. The molecule has 0 spiro atoms. The van der Waals surface area contributed by atoms with Gasteiger partial charge in [0.25, 0.3) is 0 Å². The van der Waals surface area contributed by atoms with E-state index in [2.05, 4.69) is 0 Å². The number of benzene rings is 2. The molecule has 2 N–H and O–H groups in total. The second-order valence-electron chi connectivity index (χ2n) is 4.27. The van der Waals surface area contributed by atoms with E-state index in [0.717, 1.165) is 16.8 Å². The zero-order valence-electron chi connectivity index (χ0n) is 10.2. The Bertz CT molecular complexity index is 682. The molecule has 94 valence electrons. The van der Waals surface area contributed by atoms with Crippen LogP contribution in [0.15, 0.2) is 66.7 Å². The summed E-state index contributed by atoms with van der Waals surface area (Å²) in [5.41, 5.74) is 2.73. The van der Waals surface area contributed by atoms with Crippen LogP contribution in [0.4, 0.5) is 0 Å². The maximum Gasteiger partial charge on any atom is 0.198 e. The third-order valence-corrected chi connectivity index (χ3v) is 3.07. The van der Waals surface area contributed by atoms with E-state index < -0.39 is 0 Å². The monoisotopic (exact) mass is 251 g/mol. The van der Waals surface area contributed by atoms with Crippen molar-refractivity contribution >= 4 is 0 Å². The van der Waals surface area contributed by atoms with Crippen LogP contribution in [-0.4, -0.2) is 14.8 Å². The molecule has 2 aromatic carbocycles. The Balaban J connectivity index is 2.24. The Kier molecular flexibility index (Phi) is 2.72. The van der Waals surface area contributed by atoms with Gasteiger partial charge in [0, 0.05) is 17.7 Å². The van der Waals surface area contributed by atoms with Crippen molar-refractivity contribution in [2.75, 3.05) is 0 Å². The quantitative estimate of drug-likeness (QED) is 0.731. The number of hydrogen-bond acceptors (Lipinski definition) is 2. The van der Waals surface area contributed by atoms with Crippen molar-refractivity contribution < 1.29 is 10.2 Å². The zero-order chi connectivity index (χ0) is 13.2. The first-order valence-corrected chi connectivity index (χ1v) is 6.02. The minimum atomic E-state index is 0.0147. The lowest BCUT2D eigenvalue weighted by Crippen LogP contribution is -1.95. The molecule has 0 atom stereocenters. The molecule has 0 saturated heterocycles. The average Bonchev–Trinajstić information content (AvgIpc) is 2.79. The molecule has 3 heteroatoms. The Hall–Kier alpha value is -2.68. The predicted octanol–water partition coefficient (Wildman–Crippen LogP) is 3.56.